The number of rotatable bonds is 4. The maximum Gasteiger partial charge on any atom is 0.395 e. The molecule has 3 aromatic rings. The largest absolute Gasteiger partial charge is 0.508 e. The number of hydrogen-bond donors (Lipinski definition) is 2. The molecule has 0 aliphatic carbocycles. The molecular formula is C20H18F3NO2. The van der Waals surface area contributed by atoms with E-state index in [1.54, 1.807) is 12.1 Å². The summed E-state index contributed by atoms with van der Waals surface area (Å²) in [7, 11) is 0. The van der Waals surface area contributed by atoms with Crippen LogP contribution in [0.3, 0.4) is 0 Å². The van der Waals surface area contributed by atoms with Crippen LogP contribution in [0.4, 0.5) is 13.2 Å². The maximum atomic E-state index is 13.6. The number of alkyl halides is 3. The molecule has 0 amide bonds. The number of phenols is 1. The molecule has 0 bridgehead atoms. The van der Waals surface area contributed by atoms with E-state index in [0.717, 1.165) is 11.1 Å². The third-order valence-corrected chi connectivity index (χ3v) is 4.47. The number of halogens is 3. The number of H-pyrrole nitrogens is 1. The van der Waals surface area contributed by atoms with Crippen LogP contribution in [0, 0.1) is 6.92 Å². The molecule has 2 aromatic carbocycles. The topological polar surface area (TPSA) is 53.1 Å². The summed E-state index contributed by atoms with van der Waals surface area (Å²) in [5.41, 5.74) is 1.05. The van der Waals surface area contributed by atoms with Crippen LogP contribution >= 0.6 is 0 Å². The molecule has 2 N–H and O–H groups in total. The Morgan fingerprint density at radius 3 is 2.42 bits per heavy atom. The standard InChI is InChI=1S/C20H18F3NO2/c1-12-2-4-13(5-3-12)6-9-17(20(21,22)23)16-10-14-7-8-15(25)11-18(14)24-19(16)26/h2-5,7-8,10-11,17,25H,6,9H2,1H3,(H,24,26). The van der Waals surface area contributed by atoms with E-state index >= 15 is 0 Å². The number of fused-ring (bicyclic) bond motifs is 1. The van der Waals surface area contributed by atoms with Crippen molar-refractivity contribution in [2.45, 2.75) is 31.9 Å². The third-order valence-electron chi connectivity index (χ3n) is 4.47. The van der Waals surface area contributed by atoms with Crippen molar-refractivity contribution < 1.29 is 18.3 Å². The fourth-order valence-electron chi connectivity index (χ4n) is 3.03. The molecular weight excluding hydrogens is 343 g/mol. The Kier molecular flexibility index (Phi) is 4.76. The third kappa shape index (κ3) is 3.90. The first-order valence-electron chi connectivity index (χ1n) is 8.22. The smallest absolute Gasteiger partial charge is 0.395 e. The van der Waals surface area contributed by atoms with Crippen LogP contribution in [0.25, 0.3) is 10.9 Å². The molecule has 3 nitrogen and oxygen atoms in total. The molecule has 1 atom stereocenters. The Hall–Kier alpha value is -2.76. The highest BCUT2D eigenvalue weighted by Crippen LogP contribution is 2.37. The van der Waals surface area contributed by atoms with Gasteiger partial charge in [-0.2, -0.15) is 13.2 Å². The van der Waals surface area contributed by atoms with Gasteiger partial charge >= 0.3 is 6.18 Å². The molecule has 0 fully saturated rings. The molecule has 0 radical (unpaired) electrons. The highest BCUT2D eigenvalue weighted by molar-refractivity contribution is 5.80. The molecule has 0 saturated heterocycles. The van der Waals surface area contributed by atoms with Gasteiger partial charge in [0.2, 0.25) is 0 Å². The van der Waals surface area contributed by atoms with Gasteiger partial charge in [0, 0.05) is 11.6 Å². The van der Waals surface area contributed by atoms with Crippen molar-refractivity contribution in [3.05, 3.63) is 75.6 Å². The Labute approximate surface area is 148 Å². The molecule has 0 spiro atoms. The highest BCUT2D eigenvalue weighted by atomic mass is 19.4. The van der Waals surface area contributed by atoms with Gasteiger partial charge < -0.3 is 10.1 Å². The predicted octanol–water partition coefficient (Wildman–Crippen LogP) is 4.82. The monoisotopic (exact) mass is 361 g/mol. The summed E-state index contributed by atoms with van der Waals surface area (Å²) in [6.45, 7) is 1.91. The Morgan fingerprint density at radius 1 is 1.08 bits per heavy atom. The summed E-state index contributed by atoms with van der Waals surface area (Å²) < 4.78 is 40.9. The molecule has 1 heterocycles. The van der Waals surface area contributed by atoms with Crippen molar-refractivity contribution in [1.29, 1.82) is 0 Å². The van der Waals surface area contributed by atoms with Crippen LogP contribution in [0.5, 0.6) is 5.75 Å². The molecule has 0 aliphatic rings. The van der Waals surface area contributed by atoms with E-state index in [0.29, 0.717) is 10.9 Å². The fraction of sp³-hybridized carbons (Fsp3) is 0.250. The summed E-state index contributed by atoms with van der Waals surface area (Å²) in [6.07, 6.45) is -4.51. The van der Waals surface area contributed by atoms with Gasteiger partial charge in [-0.25, -0.2) is 0 Å². The van der Waals surface area contributed by atoms with E-state index in [9.17, 15) is 23.1 Å². The number of aryl methyl sites for hydroxylation is 2. The molecule has 1 unspecified atom stereocenters. The van der Waals surface area contributed by atoms with Crippen molar-refractivity contribution in [2.75, 3.05) is 0 Å². The SMILES string of the molecule is Cc1ccc(CCC(c2cc3ccc(O)cc3[nH]c2=O)C(F)(F)F)cc1. The van der Waals surface area contributed by atoms with Crippen molar-refractivity contribution in [3.63, 3.8) is 0 Å². The minimum absolute atomic E-state index is 0.0624. The lowest BCUT2D eigenvalue weighted by atomic mass is 9.91. The minimum atomic E-state index is -4.53. The van der Waals surface area contributed by atoms with Gasteiger partial charge in [0.25, 0.3) is 5.56 Å². The molecule has 26 heavy (non-hydrogen) atoms. The average molecular weight is 361 g/mol. The molecule has 6 heteroatoms. The number of aromatic amines is 1. The summed E-state index contributed by atoms with van der Waals surface area (Å²) >= 11 is 0. The lowest BCUT2D eigenvalue weighted by Gasteiger charge is -2.20. The van der Waals surface area contributed by atoms with Crippen LogP contribution in [-0.2, 0) is 6.42 Å². The lowest BCUT2D eigenvalue weighted by Crippen LogP contribution is -2.27. The van der Waals surface area contributed by atoms with Gasteiger partial charge in [-0.15, -0.1) is 0 Å². The predicted molar refractivity (Wildman–Crippen MR) is 94.5 cm³/mol. The second-order valence-electron chi connectivity index (χ2n) is 6.44. The zero-order valence-corrected chi connectivity index (χ0v) is 14.1. The van der Waals surface area contributed by atoms with Gasteiger partial charge in [0.05, 0.1) is 11.4 Å². The average Bonchev–Trinajstić information content (AvgIpc) is 2.56. The lowest BCUT2D eigenvalue weighted by molar-refractivity contribution is -0.152. The minimum Gasteiger partial charge on any atom is -0.508 e. The molecule has 0 aliphatic heterocycles. The van der Waals surface area contributed by atoms with Gasteiger partial charge in [0.15, 0.2) is 0 Å². The number of phenolic OH excluding ortho intramolecular Hbond substituents is 1. The summed E-state index contributed by atoms with van der Waals surface area (Å²) in [6, 6.07) is 12.7. The number of pyridine rings is 1. The Morgan fingerprint density at radius 2 is 1.77 bits per heavy atom. The normalized spacial score (nSPS) is 13.1. The maximum absolute atomic E-state index is 13.6. The number of aromatic hydroxyl groups is 1. The van der Waals surface area contributed by atoms with Crippen LogP contribution < -0.4 is 5.56 Å². The first-order valence-corrected chi connectivity index (χ1v) is 8.22. The Balaban J connectivity index is 1.96. The van der Waals surface area contributed by atoms with Crippen molar-refractivity contribution in [1.82, 2.24) is 4.98 Å². The van der Waals surface area contributed by atoms with Crippen molar-refractivity contribution in [2.24, 2.45) is 0 Å². The van der Waals surface area contributed by atoms with Crippen LogP contribution in [0.15, 0.2) is 53.3 Å². The highest BCUT2D eigenvalue weighted by Gasteiger charge is 2.41. The molecule has 136 valence electrons. The number of hydrogen-bond acceptors (Lipinski definition) is 2. The van der Waals surface area contributed by atoms with Crippen LogP contribution in [0.1, 0.15) is 29.0 Å². The molecule has 0 saturated carbocycles. The van der Waals surface area contributed by atoms with Crippen molar-refractivity contribution >= 4 is 10.9 Å². The van der Waals surface area contributed by atoms with Crippen LogP contribution in [-0.4, -0.2) is 16.3 Å². The van der Waals surface area contributed by atoms with Gasteiger partial charge in [-0.05, 0) is 48.9 Å². The number of nitrogens with one attached hydrogen (secondary N) is 1. The van der Waals surface area contributed by atoms with E-state index < -0.39 is 17.7 Å². The summed E-state index contributed by atoms with van der Waals surface area (Å²) in [4.78, 5) is 14.7. The second kappa shape index (κ2) is 6.86. The number of benzene rings is 2. The summed E-state index contributed by atoms with van der Waals surface area (Å²) in [5, 5.41) is 9.90. The molecule has 3 rings (SSSR count). The van der Waals surface area contributed by atoms with E-state index in [-0.39, 0.29) is 24.2 Å². The first-order chi connectivity index (χ1) is 12.2. The zero-order valence-electron chi connectivity index (χ0n) is 14.1. The molecule has 1 aromatic heterocycles. The van der Waals surface area contributed by atoms with Crippen molar-refractivity contribution in [3.8, 4) is 5.75 Å². The number of aromatic nitrogens is 1. The van der Waals surface area contributed by atoms with E-state index in [2.05, 4.69) is 4.98 Å². The second-order valence-corrected chi connectivity index (χ2v) is 6.44. The van der Waals surface area contributed by atoms with E-state index in [1.807, 2.05) is 19.1 Å². The Bertz CT molecular complexity index is 975. The van der Waals surface area contributed by atoms with Gasteiger partial charge in [0.1, 0.15) is 5.75 Å². The summed E-state index contributed by atoms with van der Waals surface area (Å²) in [5.74, 6) is -1.92. The zero-order chi connectivity index (χ0) is 18.9. The fourth-order valence-corrected chi connectivity index (χ4v) is 3.03. The first kappa shape index (κ1) is 18.0. The van der Waals surface area contributed by atoms with Gasteiger partial charge in [-0.1, -0.05) is 29.8 Å². The van der Waals surface area contributed by atoms with E-state index in [1.165, 1.54) is 24.3 Å². The van der Waals surface area contributed by atoms with Gasteiger partial charge in [-0.3, -0.25) is 4.79 Å². The van der Waals surface area contributed by atoms with Crippen LogP contribution in [0.2, 0.25) is 0 Å². The quantitative estimate of drug-likeness (QED) is 0.700. The van der Waals surface area contributed by atoms with E-state index in [4.69, 9.17) is 0 Å².